The molecule has 5 N–H and O–H groups in total. The summed E-state index contributed by atoms with van der Waals surface area (Å²) in [5, 5.41) is 14.5. The number of hydrogen-bond acceptors (Lipinski definition) is 8. The lowest BCUT2D eigenvalue weighted by molar-refractivity contribution is -0.161. The molecule has 4 rings (SSSR count). The number of rotatable bonds is 11. The Balaban J connectivity index is 1.61. The van der Waals surface area contributed by atoms with Gasteiger partial charge in [0.1, 0.15) is 29.5 Å². The van der Waals surface area contributed by atoms with Crippen molar-refractivity contribution in [2.24, 2.45) is 5.92 Å². The zero-order valence-electron chi connectivity index (χ0n) is 25.5. The number of aryl methyl sites for hydroxylation is 1. The summed E-state index contributed by atoms with van der Waals surface area (Å²) in [7, 11) is -2.75. The molecule has 12 nitrogen and oxygen atoms in total. The van der Waals surface area contributed by atoms with Gasteiger partial charge >= 0.3 is 5.97 Å². The highest BCUT2D eigenvalue weighted by Crippen LogP contribution is 2.50. The molecule has 2 fully saturated rings. The molecule has 2 aliphatic rings. The quantitative estimate of drug-likeness (QED) is 0.210. The van der Waals surface area contributed by atoms with Crippen LogP contribution in [0.3, 0.4) is 0 Å². The van der Waals surface area contributed by atoms with Crippen molar-refractivity contribution in [3.8, 4) is 0 Å². The largest absolute Gasteiger partial charge is 0.480 e. The van der Waals surface area contributed by atoms with Crippen LogP contribution in [0.2, 0.25) is 0 Å². The molecule has 2 aromatic rings. The molecule has 2 saturated heterocycles. The van der Waals surface area contributed by atoms with Crippen molar-refractivity contribution in [2.75, 3.05) is 12.8 Å². The van der Waals surface area contributed by atoms with E-state index >= 15 is 0 Å². The topological polar surface area (TPSA) is 179 Å². The summed E-state index contributed by atoms with van der Waals surface area (Å²) in [4.78, 5) is 53.9. The minimum absolute atomic E-state index is 0.0296. The van der Waals surface area contributed by atoms with Crippen LogP contribution in [0.25, 0.3) is 0 Å². The van der Waals surface area contributed by atoms with Crippen molar-refractivity contribution in [2.45, 2.75) is 80.2 Å². The molecule has 2 aromatic carbocycles. The average Bonchev–Trinajstić information content (AvgIpc) is 3.20. The average molecular weight is 646 g/mol. The Morgan fingerprint density at radius 1 is 1.11 bits per heavy atom. The Hall–Kier alpha value is -3.62. The fourth-order valence-electron chi connectivity index (χ4n) is 5.57. The van der Waals surface area contributed by atoms with Gasteiger partial charge < -0.3 is 26.4 Å². The molecule has 44 heavy (non-hydrogen) atoms. The Bertz CT molecular complexity index is 1560. The van der Waals surface area contributed by atoms with E-state index in [0.29, 0.717) is 11.3 Å². The number of sulfonamides is 1. The number of nitrogens with two attached hydrogens (primary N) is 1. The number of thioether (sulfide) groups is 1. The first-order valence-electron chi connectivity index (χ1n) is 14.2. The number of nitrogens with one attached hydrogen (secondary N) is 2. The Labute approximate surface area is 261 Å². The predicted octanol–water partition coefficient (Wildman–Crippen LogP) is 2.10. The van der Waals surface area contributed by atoms with Crippen LogP contribution < -0.4 is 16.4 Å². The molecule has 0 spiro atoms. The maximum absolute atomic E-state index is 13.9. The summed E-state index contributed by atoms with van der Waals surface area (Å²) in [6.45, 7) is 9.00. The number of nitrogens with zero attached hydrogens (tertiary/aromatic N) is 2. The van der Waals surface area contributed by atoms with Crippen LogP contribution in [0, 0.1) is 12.8 Å². The molecule has 2 heterocycles. The number of anilines is 1. The second-order valence-electron chi connectivity index (χ2n) is 12.2. The van der Waals surface area contributed by atoms with Crippen LogP contribution in [-0.2, 0) is 29.2 Å². The first kappa shape index (κ1) is 33.3. The van der Waals surface area contributed by atoms with Gasteiger partial charge in [-0.05, 0) is 62.9 Å². The van der Waals surface area contributed by atoms with Gasteiger partial charge in [-0.1, -0.05) is 43.7 Å². The van der Waals surface area contributed by atoms with Gasteiger partial charge in [0.15, 0.2) is 0 Å². The molecule has 1 unspecified atom stereocenters. The Kier molecular flexibility index (Phi) is 9.38. The van der Waals surface area contributed by atoms with E-state index in [4.69, 9.17) is 5.73 Å². The number of aliphatic carboxylic acids is 1. The highest BCUT2D eigenvalue weighted by molar-refractivity contribution is 8.01. The first-order chi connectivity index (χ1) is 20.5. The Morgan fingerprint density at radius 3 is 2.32 bits per heavy atom. The molecular weight excluding hydrogens is 606 g/mol. The van der Waals surface area contributed by atoms with Crippen molar-refractivity contribution in [1.29, 1.82) is 0 Å². The van der Waals surface area contributed by atoms with Gasteiger partial charge in [0.25, 0.3) is 0 Å². The van der Waals surface area contributed by atoms with E-state index < -0.39 is 68.0 Å². The molecule has 5 atom stereocenters. The number of fused-ring (bicyclic) bond motifs is 1. The predicted molar refractivity (Wildman–Crippen MR) is 167 cm³/mol. The summed E-state index contributed by atoms with van der Waals surface area (Å²) in [5.41, 5.74) is 7.52. The molecule has 238 valence electrons. The smallest absolute Gasteiger partial charge is 0.327 e. The number of carboxylic acids is 1. The molecular formula is C30H39N5O7S2. The Morgan fingerprint density at radius 2 is 1.75 bits per heavy atom. The summed E-state index contributed by atoms with van der Waals surface area (Å²) in [6.07, 6.45) is 0.166. The third-order valence-electron chi connectivity index (χ3n) is 7.90. The lowest BCUT2D eigenvalue weighted by Crippen LogP contribution is -2.71. The van der Waals surface area contributed by atoms with Gasteiger partial charge in [-0.3, -0.25) is 14.4 Å². The van der Waals surface area contributed by atoms with E-state index in [1.807, 2.05) is 20.8 Å². The SMILES string of the molecule is Cc1ccc(S(=O)(=O)N(C)[C@@H](CC(C)C)C(=O)NC(C(=O)N[C@@H]2C(=O)N3[C@@H]2SC(C)(C)[C@@H]3C(=O)O)c2cccc(N)c2)cc1. The monoisotopic (exact) mass is 645 g/mol. The number of carboxylic acid groups (broad SMARTS) is 1. The van der Waals surface area contributed by atoms with Crippen molar-refractivity contribution in [3.05, 3.63) is 59.7 Å². The van der Waals surface area contributed by atoms with Gasteiger partial charge in [-0.25, -0.2) is 13.2 Å². The van der Waals surface area contributed by atoms with E-state index in [2.05, 4.69) is 10.6 Å². The van der Waals surface area contributed by atoms with Gasteiger partial charge in [0.05, 0.1) is 4.90 Å². The number of nitrogen functional groups attached to an aromatic ring is 1. The molecule has 0 aromatic heterocycles. The first-order valence-corrected chi connectivity index (χ1v) is 16.5. The number of carbonyl (C=O) groups excluding carboxylic acids is 3. The lowest BCUT2D eigenvalue weighted by Gasteiger charge is -2.44. The molecule has 2 aliphatic heterocycles. The van der Waals surface area contributed by atoms with Crippen LogP contribution >= 0.6 is 11.8 Å². The molecule has 0 bridgehead atoms. The second kappa shape index (κ2) is 12.4. The number of benzene rings is 2. The maximum atomic E-state index is 13.9. The van der Waals surface area contributed by atoms with E-state index in [1.54, 1.807) is 44.2 Å². The zero-order valence-corrected chi connectivity index (χ0v) is 27.1. The van der Waals surface area contributed by atoms with E-state index in [0.717, 1.165) is 9.87 Å². The zero-order chi connectivity index (χ0) is 32.7. The minimum atomic E-state index is -4.08. The van der Waals surface area contributed by atoms with E-state index in [1.165, 1.54) is 41.9 Å². The van der Waals surface area contributed by atoms with Gasteiger partial charge in [-0.15, -0.1) is 11.8 Å². The fourth-order valence-corrected chi connectivity index (χ4v) is 8.53. The molecule has 0 radical (unpaired) electrons. The summed E-state index contributed by atoms with van der Waals surface area (Å²) in [6, 6.07) is 8.07. The molecule has 0 aliphatic carbocycles. The van der Waals surface area contributed by atoms with E-state index in [9.17, 15) is 32.7 Å². The number of likely N-dealkylation sites (N-methyl/N-ethyl adjacent to an activating group) is 1. The third-order valence-corrected chi connectivity index (χ3v) is 11.4. The summed E-state index contributed by atoms with van der Waals surface area (Å²) < 4.78 is 27.3. The highest BCUT2D eigenvalue weighted by Gasteiger charge is 2.64. The van der Waals surface area contributed by atoms with Crippen molar-refractivity contribution in [1.82, 2.24) is 19.8 Å². The van der Waals surface area contributed by atoms with Crippen LogP contribution in [0.5, 0.6) is 0 Å². The maximum Gasteiger partial charge on any atom is 0.327 e. The van der Waals surface area contributed by atoms with Gasteiger partial charge in [0.2, 0.25) is 27.7 Å². The van der Waals surface area contributed by atoms with Crippen LogP contribution in [0.4, 0.5) is 5.69 Å². The summed E-state index contributed by atoms with van der Waals surface area (Å²) >= 11 is 1.28. The van der Waals surface area contributed by atoms with Gasteiger partial charge in [-0.2, -0.15) is 4.31 Å². The third kappa shape index (κ3) is 6.42. The lowest BCUT2D eigenvalue weighted by atomic mass is 9.95. The standard InChI is InChI=1S/C30H39N5O7S2/c1-16(2)14-21(34(6)44(41,42)20-12-10-17(3)11-13-20)25(36)32-22(18-8-7-9-19(31)15-18)26(37)33-23-27(38)35-24(29(39)40)30(4,5)43-28(23)35/h7-13,15-16,21-24,28H,14,31H2,1-6H3,(H,32,36)(H,33,37)(H,39,40)/t21-,22?,23+,24-,28+/m0/s1. The number of hydrogen-bond donors (Lipinski definition) is 4. The normalized spacial score (nSPS) is 22.2. The molecule has 14 heteroatoms. The van der Waals surface area contributed by atoms with Crippen LogP contribution in [0.15, 0.2) is 53.4 Å². The number of β-lactam (4-membered cyclic amide) rings is 1. The summed E-state index contributed by atoms with van der Waals surface area (Å²) in [5.74, 6) is -3.17. The molecule has 3 amide bonds. The fraction of sp³-hybridized carbons (Fsp3) is 0.467. The minimum Gasteiger partial charge on any atom is -0.480 e. The number of amides is 3. The van der Waals surface area contributed by atoms with Crippen molar-refractivity contribution < 1.29 is 32.7 Å². The van der Waals surface area contributed by atoms with Crippen LogP contribution in [0.1, 0.15) is 51.3 Å². The second-order valence-corrected chi connectivity index (χ2v) is 15.9. The van der Waals surface area contributed by atoms with Crippen molar-refractivity contribution >= 4 is 51.2 Å². The highest BCUT2D eigenvalue weighted by atomic mass is 32.2. The molecule has 0 saturated carbocycles. The van der Waals surface area contributed by atoms with Crippen LogP contribution in [-0.4, -0.2) is 81.7 Å². The van der Waals surface area contributed by atoms with E-state index in [-0.39, 0.29) is 17.2 Å². The number of carbonyl (C=O) groups is 4. The van der Waals surface area contributed by atoms with Gasteiger partial charge in [0, 0.05) is 17.5 Å². The van der Waals surface area contributed by atoms with Crippen molar-refractivity contribution in [3.63, 3.8) is 0 Å².